The average molecular weight is 827 g/mol. The Morgan fingerprint density at radius 2 is 1.57 bits per heavy atom. The zero-order valence-corrected chi connectivity index (χ0v) is 28.2. The topological polar surface area (TPSA) is 51.8 Å². The number of aromatic nitrogens is 3. The predicted molar refractivity (Wildman–Crippen MR) is 196 cm³/mol. The number of pyridine rings is 3. The van der Waals surface area contributed by atoms with Crippen molar-refractivity contribution in [3.8, 4) is 33.6 Å². The zero-order chi connectivity index (χ0) is 44.0. The van der Waals surface area contributed by atoms with Crippen LogP contribution in [0.3, 0.4) is 0 Å². The van der Waals surface area contributed by atoms with Crippen molar-refractivity contribution in [2.75, 3.05) is 0 Å². The van der Waals surface area contributed by atoms with Crippen LogP contribution in [0.5, 0.6) is 0 Å². The third-order valence-electron chi connectivity index (χ3n) is 7.54. The largest absolute Gasteiger partial charge is 0.486 e. The van der Waals surface area contributed by atoms with Crippen molar-refractivity contribution < 1.29 is 42.3 Å². The Bertz CT molecular complexity index is 2820. The van der Waals surface area contributed by atoms with Crippen molar-refractivity contribution in [2.45, 2.75) is 33.3 Å². The fraction of sp³-hybridized carbons (Fsp3) is 0.114. The van der Waals surface area contributed by atoms with E-state index >= 15 is 0 Å². The van der Waals surface area contributed by atoms with Gasteiger partial charge in [-0.2, -0.15) is 0 Å². The van der Waals surface area contributed by atoms with E-state index in [1.807, 2.05) is 24.3 Å². The van der Waals surface area contributed by atoms with Gasteiger partial charge in [0, 0.05) is 61.4 Å². The Balaban J connectivity index is 0.000000204. The Morgan fingerprint density at radius 3 is 2.37 bits per heavy atom. The van der Waals surface area contributed by atoms with Crippen LogP contribution >= 0.6 is 0 Å². The molecule has 0 aliphatic carbocycles. The van der Waals surface area contributed by atoms with Gasteiger partial charge in [-0.3, -0.25) is 0 Å². The summed E-state index contributed by atoms with van der Waals surface area (Å²) in [6.45, 7) is -7.20. The van der Waals surface area contributed by atoms with Crippen LogP contribution in [0.1, 0.15) is 45.8 Å². The van der Waals surface area contributed by atoms with Gasteiger partial charge in [-0.1, -0.05) is 90.6 Å². The molecule has 4 nitrogen and oxygen atoms in total. The molecule has 1 radical (unpaired) electrons. The summed E-state index contributed by atoms with van der Waals surface area (Å²) in [6, 6.07) is 38.9. The van der Waals surface area contributed by atoms with Gasteiger partial charge in [0.05, 0.1) is 5.58 Å². The fourth-order valence-electron chi connectivity index (χ4n) is 5.18. The van der Waals surface area contributed by atoms with Gasteiger partial charge >= 0.3 is 0 Å². The molecule has 0 atom stereocenters. The number of rotatable bonds is 6. The molecular formula is C44H35IrN3O-2. The Morgan fingerprint density at radius 1 is 0.714 bits per heavy atom. The van der Waals surface area contributed by atoms with Gasteiger partial charge in [-0.25, -0.2) is 4.98 Å². The summed E-state index contributed by atoms with van der Waals surface area (Å²) in [6.07, 6.45) is -1.76. The minimum absolute atomic E-state index is 0. The van der Waals surface area contributed by atoms with Crippen LogP contribution in [0.4, 0.5) is 0 Å². The van der Waals surface area contributed by atoms with E-state index in [-0.39, 0.29) is 64.9 Å². The second kappa shape index (κ2) is 15.3. The molecule has 0 aliphatic rings. The van der Waals surface area contributed by atoms with Crippen molar-refractivity contribution in [1.82, 2.24) is 15.0 Å². The maximum Gasteiger partial charge on any atom is 0.216 e. The fourth-order valence-corrected chi connectivity index (χ4v) is 5.18. The van der Waals surface area contributed by atoms with Gasteiger partial charge in [0.1, 0.15) is 0 Å². The standard InChI is InChI=1S/C24H17N2O.C20H18N.Ir/c1-2-7-17(8-3-1)12-13-18-14-15-20-19-9-6-10-21(22-11-4-5-16-25-22)23(19)27-24(20)26-18;1-14-8-10-17(11-9-14)20-12-19(16(3)13-21-20)18-7-5-4-6-15(18)2;/h1-9,11,14-16H,12-13H2;4-10,12-13H,1-3H3;/q2*-1;/i12D2,13D2;1D3,2D3,3D3;. The number of hydrogen-bond acceptors (Lipinski definition) is 4. The molecule has 0 fully saturated rings. The second-order valence-corrected chi connectivity index (χ2v) is 10.7. The second-order valence-electron chi connectivity index (χ2n) is 10.7. The molecule has 4 aromatic carbocycles. The minimum atomic E-state index is -2.50. The molecule has 243 valence electrons. The number of hydrogen-bond donors (Lipinski definition) is 0. The smallest absolute Gasteiger partial charge is 0.216 e. The first-order valence-electron chi connectivity index (χ1n) is 21.5. The van der Waals surface area contributed by atoms with E-state index in [4.69, 9.17) is 22.2 Å². The monoisotopic (exact) mass is 827 g/mol. The molecule has 0 aliphatic heterocycles. The number of furan rings is 1. The van der Waals surface area contributed by atoms with E-state index in [9.17, 15) is 0 Å². The van der Waals surface area contributed by atoms with Gasteiger partial charge in [-0.15, -0.1) is 53.6 Å². The zero-order valence-electron chi connectivity index (χ0n) is 38.8. The molecule has 0 saturated carbocycles. The van der Waals surface area contributed by atoms with Gasteiger partial charge < -0.3 is 14.4 Å². The number of nitrogens with zero attached hydrogens (tertiary/aromatic N) is 3. The van der Waals surface area contributed by atoms with Crippen molar-refractivity contribution in [2.24, 2.45) is 0 Å². The van der Waals surface area contributed by atoms with E-state index in [2.05, 4.69) is 27.1 Å². The van der Waals surface area contributed by atoms with E-state index in [1.54, 1.807) is 72.9 Å². The molecule has 0 unspecified atom stereocenters. The van der Waals surface area contributed by atoms with Crippen LogP contribution in [0.25, 0.3) is 55.7 Å². The van der Waals surface area contributed by atoms with E-state index < -0.39 is 33.3 Å². The first-order valence-corrected chi connectivity index (χ1v) is 15.0. The van der Waals surface area contributed by atoms with E-state index in [1.165, 1.54) is 36.5 Å². The molecule has 0 bridgehead atoms. The summed E-state index contributed by atoms with van der Waals surface area (Å²) in [5, 5.41) is 1.54. The first-order chi connectivity index (χ1) is 28.7. The van der Waals surface area contributed by atoms with Crippen molar-refractivity contribution in [1.29, 1.82) is 0 Å². The molecule has 4 heterocycles. The molecular weight excluding hydrogens is 779 g/mol. The SMILES string of the molecule is [2H]C([2H])([2H])c1c[c-]c(-c2cc(-c3ccccc3C([2H])([2H])[2H])c(C([2H])([2H])[2H])cn2)cc1.[2H]C([2H])(c1ccccc1)C([2H])([2H])c1ccc2c(n1)oc1c(-c3ccccn3)[c-]ccc12.[Ir]. The van der Waals surface area contributed by atoms with Crippen LogP contribution in [0, 0.1) is 32.7 Å². The summed E-state index contributed by atoms with van der Waals surface area (Å²) in [4.78, 5) is 13.0. The van der Waals surface area contributed by atoms with E-state index in [0.717, 1.165) is 10.8 Å². The third-order valence-corrected chi connectivity index (χ3v) is 7.54. The summed E-state index contributed by atoms with van der Waals surface area (Å²) in [7, 11) is 0. The summed E-state index contributed by atoms with van der Waals surface area (Å²) >= 11 is 0. The maximum atomic E-state index is 8.57. The third kappa shape index (κ3) is 7.60. The van der Waals surface area contributed by atoms with Crippen molar-refractivity contribution >= 4 is 22.1 Å². The molecule has 8 aromatic rings. The summed E-state index contributed by atoms with van der Waals surface area (Å²) < 4.78 is 109. The van der Waals surface area contributed by atoms with Crippen LogP contribution < -0.4 is 0 Å². The van der Waals surface area contributed by atoms with Crippen LogP contribution in [0.2, 0.25) is 0 Å². The average Bonchev–Trinajstić information content (AvgIpc) is 3.62. The predicted octanol–water partition coefficient (Wildman–Crippen LogP) is 10.8. The number of fused-ring (bicyclic) bond motifs is 3. The van der Waals surface area contributed by atoms with Gasteiger partial charge in [0.25, 0.3) is 0 Å². The van der Waals surface area contributed by atoms with Crippen LogP contribution in [0.15, 0.2) is 138 Å². The maximum absolute atomic E-state index is 8.57. The molecule has 8 rings (SSSR count). The van der Waals surface area contributed by atoms with Gasteiger partial charge in [0.15, 0.2) is 0 Å². The van der Waals surface area contributed by atoms with Gasteiger partial charge in [-0.05, 0) is 83.9 Å². The molecule has 5 heteroatoms. The minimum Gasteiger partial charge on any atom is -0.486 e. The molecule has 49 heavy (non-hydrogen) atoms. The van der Waals surface area contributed by atoms with Gasteiger partial charge in [0.2, 0.25) is 5.71 Å². The molecule has 0 spiro atoms. The Kier molecular flexibility index (Phi) is 6.57. The Labute approximate surface area is 319 Å². The normalized spacial score (nSPS) is 16.0. The van der Waals surface area contributed by atoms with Crippen LogP contribution in [-0.2, 0) is 32.9 Å². The first kappa shape index (κ1) is 21.0. The summed E-state index contributed by atoms with van der Waals surface area (Å²) in [5.74, 6) is 0. The number of benzene rings is 4. The van der Waals surface area contributed by atoms with Crippen molar-refractivity contribution in [3.05, 3.63) is 174 Å². The summed E-state index contributed by atoms with van der Waals surface area (Å²) in [5.41, 5.74) is 3.87. The van der Waals surface area contributed by atoms with Crippen LogP contribution in [-0.4, -0.2) is 15.0 Å². The van der Waals surface area contributed by atoms with Crippen molar-refractivity contribution in [3.63, 3.8) is 0 Å². The Hall–Kier alpha value is -5.22. The molecule has 0 N–H and O–H groups in total. The number of aryl methyl sites for hydroxylation is 5. The quantitative estimate of drug-likeness (QED) is 0.157. The van der Waals surface area contributed by atoms with E-state index in [0.29, 0.717) is 28.1 Å². The molecule has 4 aromatic heterocycles. The molecule has 0 saturated heterocycles. The molecule has 0 amide bonds.